The van der Waals surface area contributed by atoms with Crippen LogP contribution >= 0.6 is 11.6 Å². The molecular formula is C10H11ClN2. The number of rotatable bonds is 1. The summed E-state index contributed by atoms with van der Waals surface area (Å²) in [6, 6.07) is 5.96. The van der Waals surface area contributed by atoms with Crippen molar-refractivity contribution in [2.75, 3.05) is 0 Å². The molecule has 1 aromatic heterocycles. The third kappa shape index (κ3) is 1.32. The van der Waals surface area contributed by atoms with Crippen LogP contribution in [0, 0.1) is 6.92 Å². The largest absolute Gasteiger partial charge is 0.357 e. The monoisotopic (exact) mass is 194 g/mol. The summed E-state index contributed by atoms with van der Waals surface area (Å²) in [5.74, 6) is 0. The van der Waals surface area contributed by atoms with E-state index in [0.717, 1.165) is 21.8 Å². The van der Waals surface area contributed by atoms with Crippen LogP contribution in [0.4, 0.5) is 0 Å². The predicted molar refractivity (Wildman–Crippen MR) is 55.9 cm³/mol. The summed E-state index contributed by atoms with van der Waals surface area (Å²) in [4.78, 5) is 3.24. The summed E-state index contributed by atoms with van der Waals surface area (Å²) in [7, 11) is 0. The summed E-state index contributed by atoms with van der Waals surface area (Å²) in [6.07, 6.45) is 0. The molecule has 0 aliphatic carbocycles. The van der Waals surface area contributed by atoms with Crippen molar-refractivity contribution in [3.05, 3.63) is 34.5 Å². The predicted octanol–water partition coefficient (Wildman–Crippen LogP) is 2.59. The van der Waals surface area contributed by atoms with E-state index < -0.39 is 0 Å². The summed E-state index contributed by atoms with van der Waals surface area (Å²) >= 11 is 5.99. The third-order valence-corrected chi connectivity index (χ3v) is 2.68. The number of nitrogens with two attached hydrogens (primary N) is 1. The van der Waals surface area contributed by atoms with Gasteiger partial charge in [-0.05, 0) is 24.6 Å². The number of H-pyrrole nitrogens is 1. The highest BCUT2D eigenvalue weighted by atomic mass is 35.5. The van der Waals surface area contributed by atoms with Crippen molar-refractivity contribution in [3.8, 4) is 0 Å². The van der Waals surface area contributed by atoms with E-state index in [0.29, 0.717) is 6.54 Å². The van der Waals surface area contributed by atoms with Crippen LogP contribution in [0.15, 0.2) is 18.2 Å². The van der Waals surface area contributed by atoms with Crippen LogP contribution in [0.3, 0.4) is 0 Å². The van der Waals surface area contributed by atoms with E-state index >= 15 is 0 Å². The zero-order valence-corrected chi connectivity index (χ0v) is 8.15. The lowest BCUT2D eigenvalue weighted by atomic mass is 10.2. The standard InChI is InChI=1S/C10H11ClN2/c1-6-9(11)3-2-7-4-8(5-12)13-10(6)7/h2-4,13H,5,12H2,1H3. The maximum absolute atomic E-state index is 5.99. The molecule has 0 bridgehead atoms. The van der Waals surface area contributed by atoms with Crippen LogP contribution < -0.4 is 5.73 Å². The van der Waals surface area contributed by atoms with E-state index in [1.807, 2.05) is 19.1 Å². The Morgan fingerprint density at radius 1 is 1.46 bits per heavy atom. The van der Waals surface area contributed by atoms with Crippen molar-refractivity contribution in [1.82, 2.24) is 4.98 Å². The van der Waals surface area contributed by atoms with Crippen LogP contribution in [0.5, 0.6) is 0 Å². The minimum atomic E-state index is 0.533. The zero-order valence-electron chi connectivity index (χ0n) is 7.39. The van der Waals surface area contributed by atoms with Crippen molar-refractivity contribution in [1.29, 1.82) is 0 Å². The number of nitrogens with one attached hydrogen (secondary N) is 1. The molecule has 0 unspecified atom stereocenters. The quantitative estimate of drug-likeness (QED) is 0.720. The number of aryl methyl sites for hydroxylation is 1. The van der Waals surface area contributed by atoms with E-state index in [9.17, 15) is 0 Å². The van der Waals surface area contributed by atoms with Crippen LogP contribution in [0.25, 0.3) is 10.9 Å². The number of hydrogen-bond donors (Lipinski definition) is 2. The van der Waals surface area contributed by atoms with Gasteiger partial charge in [-0.15, -0.1) is 0 Å². The molecule has 0 fully saturated rings. The zero-order chi connectivity index (χ0) is 9.42. The first-order valence-electron chi connectivity index (χ1n) is 4.19. The van der Waals surface area contributed by atoms with Crippen molar-refractivity contribution >= 4 is 22.5 Å². The Labute approximate surface area is 81.7 Å². The van der Waals surface area contributed by atoms with Crippen molar-refractivity contribution in [3.63, 3.8) is 0 Å². The van der Waals surface area contributed by atoms with Gasteiger partial charge in [-0.1, -0.05) is 17.7 Å². The number of hydrogen-bond acceptors (Lipinski definition) is 1. The van der Waals surface area contributed by atoms with Gasteiger partial charge in [0.05, 0.1) is 5.52 Å². The normalized spacial score (nSPS) is 11.0. The van der Waals surface area contributed by atoms with Gasteiger partial charge in [0, 0.05) is 22.6 Å². The fraction of sp³-hybridized carbons (Fsp3) is 0.200. The van der Waals surface area contributed by atoms with Gasteiger partial charge in [-0.3, -0.25) is 0 Å². The van der Waals surface area contributed by atoms with Gasteiger partial charge in [-0.25, -0.2) is 0 Å². The molecule has 2 aromatic rings. The first kappa shape index (κ1) is 8.60. The summed E-state index contributed by atoms with van der Waals surface area (Å²) in [5, 5.41) is 1.96. The van der Waals surface area contributed by atoms with Crippen LogP contribution in [-0.4, -0.2) is 4.98 Å². The van der Waals surface area contributed by atoms with Crippen LogP contribution in [-0.2, 0) is 6.54 Å². The number of aromatic amines is 1. The molecule has 3 heteroatoms. The molecule has 0 atom stereocenters. The Hall–Kier alpha value is -0.990. The first-order chi connectivity index (χ1) is 6.22. The number of aromatic nitrogens is 1. The Bertz CT molecular complexity index is 445. The molecule has 0 aliphatic heterocycles. The average molecular weight is 195 g/mol. The average Bonchev–Trinajstić information content (AvgIpc) is 2.55. The van der Waals surface area contributed by atoms with Crippen molar-refractivity contribution in [2.24, 2.45) is 5.73 Å². The molecule has 1 heterocycles. The topological polar surface area (TPSA) is 41.8 Å². The molecule has 0 radical (unpaired) electrons. The first-order valence-corrected chi connectivity index (χ1v) is 4.57. The highest BCUT2D eigenvalue weighted by molar-refractivity contribution is 6.32. The smallest absolute Gasteiger partial charge is 0.0501 e. The molecule has 0 spiro atoms. The van der Waals surface area contributed by atoms with E-state index in [1.165, 1.54) is 5.39 Å². The SMILES string of the molecule is Cc1c(Cl)ccc2cc(CN)[nH]c12. The maximum atomic E-state index is 5.99. The molecule has 0 saturated carbocycles. The lowest BCUT2D eigenvalue weighted by Gasteiger charge is -1.98. The van der Waals surface area contributed by atoms with Gasteiger partial charge in [-0.2, -0.15) is 0 Å². The van der Waals surface area contributed by atoms with E-state index in [2.05, 4.69) is 11.1 Å². The molecule has 68 valence electrons. The minimum absolute atomic E-state index is 0.533. The van der Waals surface area contributed by atoms with Gasteiger partial charge in [0.25, 0.3) is 0 Å². The van der Waals surface area contributed by atoms with E-state index in [1.54, 1.807) is 0 Å². The van der Waals surface area contributed by atoms with E-state index in [4.69, 9.17) is 17.3 Å². The Kier molecular flexibility index (Phi) is 2.02. The van der Waals surface area contributed by atoms with Gasteiger partial charge >= 0.3 is 0 Å². The summed E-state index contributed by atoms with van der Waals surface area (Å²) in [5.41, 5.74) is 8.75. The highest BCUT2D eigenvalue weighted by Crippen LogP contribution is 2.25. The Balaban J connectivity index is 2.76. The molecule has 2 nitrogen and oxygen atoms in total. The molecular weight excluding hydrogens is 184 g/mol. The van der Waals surface area contributed by atoms with Crippen molar-refractivity contribution in [2.45, 2.75) is 13.5 Å². The second-order valence-electron chi connectivity index (χ2n) is 3.14. The second kappa shape index (κ2) is 3.05. The maximum Gasteiger partial charge on any atom is 0.0501 e. The fourth-order valence-electron chi connectivity index (χ4n) is 1.49. The lowest BCUT2D eigenvalue weighted by molar-refractivity contribution is 1.02. The third-order valence-electron chi connectivity index (χ3n) is 2.27. The lowest BCUT2D eigenvalue weighted by Crippen LogP contribution is -1.95. The van der Waals surface area contributed by atoms with Gasteiger partial charge in [0.2, 0.25) is 0 Å². The molecule has 2 rings (SSSR count). The number of benzene rings is 1. The molecule has 3 N–H and O–H groups in total. The Morgan fingerprint density at radius 2 is 2.23 bits per heavy atom. The molecule has 1 aromatic carbocycles. The van der Waals surface area contributed by atoms with E-state index in [-0.39, 0.29) is 0 Å². The van der Waals surface area contributed by atoms with Crippen LogP contribution in [0.1, 0.15) is 11.3 Å². The number of halogens is 1. The molecule has 13 heavy (non-hydrogen) atoms. The van der Waals surface area contributed by atoms with Gasteiger partial charge in [0.1, 0.15) is 0 Å². The minimum Gasteiger partial charge on any atom is -0.357 e. The second-order valence-corrected chi connectivity index (χ2v) is 3.54. The Morgan fingerprint density at radius 3 is 2.92 bits per heavy atom. The van der Waals surface area contributed by atoms with Crippen molar-refractivity contribution < 1.29 is 0 Å². The summed E-state index contributed by atoms with van der Waals surface area (Å²) in [6.45, 7) is 2.53. The summed E-state index contributed by atoms with van der Waals surface area (Å²) < 4.78 is 0. The highest BCUT2D eigenvalue weighted by Gasteiger charge is 2.04. The molecule has 0 aliphatic rings. The van der Waals surface area contributed by atoms with Gasteiger partial charge in [0.15, 0.2) is 0 Å². The fourth-order valence-corrected chi connectivity index (χ4v) is 1.65. The van der Waals surface area contributed by atoms with Gasteiger partial charge < -0.3 is 10.7 Å². The number of fused-ring (bicyclic) bond motifs is 1. The van der Waals surface area contributed by atoms with Crippen LogP contribution in [0.2, 0.25) is 5.02 Å². The molecule has 0 saturated heterocycles. The molecule has 0 amide bonds.